The van der Waals surface area contributed by atoms with Gasteiger partial charge in [0.1, 0.15) is 6.61 Å². The van der Waals surface area contributed by atoms with Gasteiger partial charge in [-0.2, -0.15) is 0 Å². The van der Waals surface area contributed by atoms with Crippen molar-refractivity contribution in [2.24, 2.45) is 0 Å². The molecule has 1 N–H and O–H groups in total. The second kappa shape index (κ2) is 5.70. The molecule has 1 rings (SSSR count). The lowest BCUT2D eigenvalue weighted by Crippen LogP contribution is -2.46. The van der Waals surface area contributed by atoms with Crippen molar-refractivity contribution in [1.29, 1.82) is 0 Å². The molecule has 0 unspecified atom stereocenters. The van der Waals surface area contributed by atoms with Crippen molar-refractivity contribution in [3.63, 3.8) is 0 Å². The Kier molecular flexibility index (Phi) is 4.55. The number of nitrogens with one attached hydrogen (secondary N) is 1. The number of methoxy groups -OCH3 is 1. The van der Waals surface area contributed by atoms with Gasteiger partial charge in [0.15, 0.2) is 0 Å². The maximum atomic E-state index is 11.4. The van der Waals surface area contributed by atoms with Crippen molar-refractivity contribution in [2.45, 2.75) is 25.8 Å². The highest BCUT2D eigenvalue weighted by atomic mass is 16.5. The highest BCUT2D eigenvalue weighted by Crippen LogP contribution is 2.10. The maximum Gasteiger partial charge on any atom is 0.248 e. The van der Waals surface area contributed by atoms with Crippen LogP contribution in [0.1, 0.15) is 19.8 Å². The monoisotopic (exact) mass is 214 g/mol. The Hall–Kier alpha value is -1.10. The summed E-state index contributed by atoms with van der Waals surface area (Å²) < 4.78 is 4.79. The molecule has 2 amide bonds. The van der Waals surface area contributed by atoms with Gasteiger partial charge in [-0.05, 0) is 12.8 Å². The van der Waals surface area contributed by atoms with Gasteiger partial charge in [-0.25, -0.2) is 0 Å². The molecular weight excluding hydrogens is 196 g/mol. The summed E-state index contributed by atoms with van der Waals surface area (Å²) in [5.74, 6) is 0.0236. The van der Waals surface area contributed by atoms with Gasteiger partial charge in [0.25, 0.3) is 0 Å². The van der Waals surface area contributed by atoms with Crippen LogP contribution in [0.5, 0.6) is 0 Å². The van der Waals surface area contributed by atoms with E-state index in [1.54, 1.807) is 4.90 Å². The van der Waals surface area contributed by atoms with Gasteiger partial charge in [-0.1, -0.05) is 0 Å². The fourth-order valence-electron chi connectivity index (χ4n) is 1.78. The number of ether oxygens (including phenoxy) is 1. The Morgan fingerprint density at radius 3 is 2.47 bits per heavy atom. The Morgan fingerprint density at radius 2 is 2.00 bits per heavy atom. The first-order valence-electron chi connectivity index (χ1n) is 5.17. The summed E-state index contributed by atoms with van der Waals surface area (Å²) in [5, 5.41) is 2.87. The van der Waals surface area contributed by atoms with Gasteiger partial charge in [0.2, 0.25) is 11.8 Å². The van der Waals surface area contributed by atoms with E-state index in [4.69, 9.17) is 4.74 Å². The zero-order valence-electron chi connectivity index (χ0n) is 9.28. The summed E-state index contributed by atoms with van der Waals surface area (Å²) in [5.41, 5.74) is 0. The van der Waals surface area contributed by atoms with Gasteiger partial charge in [0, 0.05) is 33.2 Å². The van der Waals surface area contributed by atoms with Gasteiger partial charge >= 0.3 is 0 Å². The van der Waals surface area contributed by atoms with Crippen LogP contribution >= 0.6 is 0 Å². The summed E-state index contributed by atoms with van der Waals surface area (Å²) in [4.78, 5) is 24.0. The zero-order chi connectivity index (χ0) is 11.3. The Bertz CT molecular complexity index is 235. The normalized spacial score (nSPS) is 17.6. The van der Waals surface area contributed by atoms with E-state index >= 15 is 0 Å². The quantitative estimate of drug-likeness (QED) is 0.705. The first-order valence-corrected chi connectivity index (χ1v) is 5.17. The van der Waals surface area contributed by atoms with Crippen molar-refractivity contribution in [3.05, 3.63) is 0 Å². The molecule has 0 aromatic carbocycles. The third-order valence-electron chi connectivity index (χ3n) is 2.52. The van der Waals surface area contributed by atoms with Crippen molar-refractivity contribution >= 4 is 11.8 Å². The molecule has 5 nitrogen and oxygen atoms in total. The molecule has 0 atom stereocenters. The summed E-state index contributed by atoms with van der Waals surface area (Å²) in [6, 6.07) is 0.217. The molecular formula is C10H18N2O3. The van der Waals surface area contributed by atoms with Crippen LogP contribution in [0.25, 0.3) is 0 Å². The number of amides is 2. The minimum Gasteiger partial charge on any atom is -0.375 e. The van der Waals surface area contributed by atoms with Gasteiger partial charge in [-0.3, -0.25) is 9.59 Å². The average Bonchev–Trinajstić information content (AvgIpc) is 2.18. The number of piperidine rings is 1. The lowest BCUT2D eigenvalue weighted by Gasteiger charge is -2.32. The molecule has 0 spiro atoms. The zero-order valence-corrected chi connectivity index (χ0v) is 9.28. The van der Waals surface area contributed by atoms with Crippen LogP contribution in [0.4, 0.5) is 0 Å². The number of rotatable bonds is 3. The van der Waals surface area contributed by atoms with E-state index in [0.717, 1.165) is 12.8 Å². The largest absolute Gasteiger partial charge is 0.375 e. The molecule has 1 saturated heterocycles. The van der Waals surface area contributed by atoms with Crippen LogP contribution < -0.4 is 5.32 Å². The van der Waals surface area contributed by atoms with Crippen LogP contribution in [-0.2, 0) is 14.3 Å². The highest BCUT2D eigenvalue weighted by molar-refractivity contribution is 5.77. The van der Waals surface area contributed by atoms with Crippen LogP contribution in [0.2, 0.25) is 0 Å². The molecule has 86 valence electrons. The number of hydrogen-bond donors (Lipinski definition) is 1. The predicted molar refractivity (Wildman–Crippen MR) is 55.3 cm³/mol. The summed E-state index contributed by atoms with van der Waals surface area (Å²) in [7, 11) is 1.52. The molecule has 0 saturated carbocycles. The van der Waals surface area contributed by atoms with E-state index in [1.807, 2.05) is 0 Å². The smallest absolute Gasteiger partial charge is 0.248 e. The highest BCUT2D eigenvalue weighted by Gasteiger charge is 2.22. The number of carbonyl (C=O) groups excluding carboxylic acids is 2. The summed E-state index contributed by atoms with van der Waals surface area (Å²) >= 11 is 0. The second-order valence-corrected chi connectivity index (χ2v) is 3.79. The molecule has 0 aromatic heterocycles. The van der Waals surface area contributed by atoms with E-state index in [9.17, 15) is 9.59 Å². The first kappa shape index (κ1) is 12.0. The maximum absolute atomic E-state index is 11.4. The second-order valence-electron chi connectivity index (χ2n) is 3.79. The molecule has 1 heterocycles. The number of likely N-dealkylation sites (tertiary alicyclic amines) is 1. The third-order valence-corrected chi connectivity index (χ3v) is 2.52. The minimum atomic E-state index is -0.00309. The van der Waals surface area contributed by atoms with Crippen molar-refractivity contribution in [2.75, 3.05) is 26.8 Å². The Labute approximate surface area is 89.8 Å². The van der Waals surface area contributed by atoms with E-state index in [-0.39, 0.29) is 24.5 Å². The lowest BCUT2D eigenvalue weighted by molar-refractivity contribution is -0.136. The Balaban J connectivity index is 2.29. The fourth-order valence-corrected chi connectivity index (χ4v) is 1.78. The van der Waals surface area contributed by atoms with Crippen LogP contribution in [-0.4, -0.2) is 49.6 Å². The minimum absolute atomic E-state index is 0.00309. The van der Waals surface area contributed by atoms with Crippen LogP contribution in [0, 0.1) is 0 Å². The van der Waals surface area contributed by atoms with Gasteiger partial charge in [0.05, 0.1) is 0 Å². The lowest BCUT2D eigenvalue weighted by atomic mass is 10.1. The fraction of sp³-hybridized carbons (Fsp3) is 0.800. The van der Waals surface area contributed by atoms with E-state index < -0.39 is 0 Å². The van der Waals surface area contributed by atoms with Gasteiger partial charge < -0.3 is 15.0 Å². The van der Waals surface area contributed by atoms with E-state index in [2.05, 4.69) is 5.32 Å². The molecule has 15 heavy (non-hydrogen) atoms. The average molecular weight is 214 g/mol. The van der Waals surface area contributed by atoms with Crippen LogP contribution in [0.15, 0.2) is 0 Å². The van der Waals surface area contributed by atoms with E-state index in [0.29, 0.717) is 13.1 Å². The topological polar surface area (TPSA) is 58.6 Å². The number of nitrogens with zero attached hydrogens (tertiary/aromatic N) is 1. The summed E-state index contributed by atoms with van der Waals surface area (Å²) in [6.07, 6.45) is 1.66. The number of hydrogen-bond acceptors (Lipinski definition) is 3. The molecule has 1 fully saturated rings. The van der Waals surface area contributed by atoms with Crippen LogP contribution in [0.3, 0.4) is 0 Å². The molecule has 0 aliphatic carbocycles. The van der Waals surface area contributed by atoms with Crippen molar-refractivity contribution in [1.82, 2.24) is 10.2 Å². The molecule has 1 aliphatic rings. The molecule has 0 bridgehead atoms. The predicted octanol–water partition coefficient (Wildman–Crippen LogP) is -0.240. The third kappa shape index (κ3) is 3.87. The first-order chi connectivity index (χ1) is 7.13. The molecule has 5 heteroatoms. The van der Waals surface area contributed by atoms with Crippen molar-refractivity contribution < 1.29 is 14.3 Å². The van der Waals surface area contributed by atoms with Gasteiger partial charge in [-0.15, -0.1) is 0 Å². The Morgan fingerprint density at radius 1 is 1.40 bits per heavy atom. The SMILES string of the molecule is COCC(=O)N1CCC(NC(C)=O)CC1. The molecule has 1 aliphatic heterocycles. The van der Waals surface area contributed by atoms with Crippen molar-refractivity contribution in [3.8, 4) is 0 Å². The van der Waals surface area contributed by atoms with E-state index in [1.165, 1.54) is 14.0 Å². The molecule has 0 aromatic rings. The number of carbonyl (C=O) groups is 2. The molecule has 0 radical (unpaired) electrons. The standard InChI is InChI=1S/C10H18N2O3/c1-8(13)11-9-3-5-12(6-4-9)10(14)7-15-2/h9H,3-7H2,1-2H3,(H,11,13). The summed E-state index contributed by atoms with van der Waals surface area (Å²) in [6.45, 7) is 3.06.